The average Bonchev–Trinajstić information content (AvgIpc) is 3.39. The fraction of sp³-hybridized carbons (Fsp3) is 0.321. The van der Waals surface area contributed by atoms with E-state index in [9.17, 15) is 4.79 Å². The van der Waals surface area contributed by atoms with Crippen molar-refractivity contribution in [1.82, 2.24) is 14.7 Å². The summed E-state index contributed by atoms with van der Waals surface area (Å²) in [4.78, 5) is 15.5. The van der Waals surface area contributed by atoms with E-state index in [1.54, 1.807) is 4.90 Å². The molecule has 0 saturated carbocycles. The van der Waals surface area contributed by atoms with Crippen LogP contribution in [-0.4, -0.2) is 38.1 Å². The zero-order valence-corrected chi connectivity index (χ0v) is 22.1. The largest absolute Gasteiger partial charge is 0.494 e. The number of ether oxygens (including phenoxy) is 1. The number of carbonyl (C=O) groups is 1. The molecule has 3 aromatic rings. The summed E-state index contributed by atoms with van der Waals surface area (Å²) in [5.41, 5.74) is 4.74. The predicted octanol–water partition coefficient (Wildman–Crippen LogP) is 7.03. The van der Waals surface area contributed by atoms with Crippen LogP contribution in [0.25, 0.3) is 23.0 Å². The number of aromatic nitrogens is 2. The standard InChI is InChI=1S/C28H31N3O2S2/c1-4-6-10-15-30-27(32)25(35-28(30)34)18-21-19-31(22-11-8-7-9-12-22)29-26(21)24-14-13-23(17-20(24)3)33-16-5-2/h7-9,11-14,17-19H,4-6,10,15-16H2,1-3H3. The number of unbranched alkanes of at least 4 members (excludes halogenated alkanes) is 2. The van der Waals surface area contributed by atoms with Gasteiger partial charge in [-0.25, -0.2) is 4.68 Å². The maximum atomic E-state index is 13.2. The second-order valence-corrected chi connectivity index (χ2v) is 10.3. The van der Waals surface area contributed by atoms with Gasteiger partial charge in [0, 0.05) is 23.9 Å². The van der Waals surface area contributed by atoms with E-state index in [1.165, 1.54) is 11.8 Å². The van der Waals surface area contributed by atoms with Crippen molar-refractivity contribution < 1.29 is 9.53 Å². The Balaban J connectivity index is 1.72. The van der Waals surface area contributed by atoms with E-state index in [2.05, 4.69) is 20.8 Å². The van der Waals surface area contributed by atoms with E-state index < -0.39 is 0 Å². The van der Waals surface area contributed by atoms with Gasteiger partial charge in [0.15, 0.2) is 0 Å². The van der Waals surface area contributed by atoms with E-state index in [4.69, 9.17) is 22.1 Å². The van der Waals surface area contributed by atoms with Gasteiger partial charge in [-0.2, -0.15) is 5.10 Å². The summed E-state index contributed by atoms with van der Waals surface area (Å²) in [6.45, 7) is 7.67. The van der Waals surface area contributed by atoms with Crippen molar-refractivity contribution in [2.24, 2.45) is 0 Å². The van der Waals surface area contributed by atoms with E-state index in [-0.39, 0.29) is 5.91 Å². The zero-order chi connectivity index (χ0) is 24.8. The molecule has 0 N–H and O–H groups in total. The monoisotopic (exact) mass is 505 g/mol. The molecule has 0 radical (unpaired) electrons. The van der Waals surface area contributed by atoms with Gasteiger partial charge in [0.1, 0.15) is 15.8 Å². The van der Waals surface area contributed by atoms with Gasteiger partial charge in [0.2, 0.25) is 0 Å². The molecule has 35 heavy (non-hydrogen) atoms. The van der Waals surface area contributed by atoms with Crippen LogP contribution in [0.2, 0.25) is 0 Å². The lowest BCUT2D eigenvalue weighted by molar-refractivity contribution is -0.122. The van der Waals surface area contributed by atoms with Gasteiger partial charge in [-0.1, -0.05) is 68.9 Å². The zero-order valence-electron chi connectivity index (χ0n) is 20.5. The molecule has 0 unspecified atom stereocenters. The Morgan fingerprint density at radius 1 is 1.09 bits per heavy atom. The molecule has 2 heterocycles. The van der Waals surface area contributed by atoms with Gasteiger partial charge < -0.3 is 4.74 Å². The van der Waals surface area contributed by atoms with Crippen LogP contribution in [0.5, 0.6) is 5.75 Å². The maximum absolute atomic E-state index is 13.2. The van der Waals surface area contributed by atoms with Crippen molar-refractivity contribution in [2.45, 2.75) is 46.5 Å². The average molecular weight is 506 g/mol. The number of hydrogen-bond donors (Lipinski definition) is 0. The number of para-hydroxylation sites is 1. The summed E-state index contributed by atoms with van der Waals surface area (Å²) < 4.78 is 8.30. The normalized spacial score (nSPS) is 14.8. The minimum Gasteiger partial charge on any atom is -0.494 e. The van der Waals surface area contributed by atoms with E-state index >= 15 is 0 Å². The molecule has 2 aromatic carbocycles. The maximum Gasteiger partial charge on any atom is 0.266 e. The molecular weight excluding hydrogens is 474 g/mol. The summed E-state index contributed by atoms with van der Waals surface area (Å²) in [5, 5.41) is 4.93. The van der Waals surface area contributed by atoms with E-state index in [0.29, 0.717) is 22.4 Å². The molecule has 5 nitrogen and oxygen atoms in total. The van der Waals surface area contributed by atoms with Gasteiger partial charge in [-0.15, -0.1) is 0 Å². The van der Waals surface area contributed by atoms with Gasteiger partial charge in [-0.05, 0) is 61.7 Å². The third-order valence-electron chi connectivity index (χ3n) is 5.83. The number of thioether (sulfide) groups is 1. The smallest absolute Gasteiger partial charge is 0.266 e. The summed E-state index contributed by atoms with van der Waals surface area (Å²) in [6.07, 6.45) is 8.02. The van der Waals surface area contributed by atoms with Gasteiger partial charge in [0.25, 0.3) is 5.91 Å². The first kappa shape index (κ1) is 25.2. The molecule has 7 heteroatoms. The third kappa shape index (κ3) is 5.85. The highest BCUT2D eigenvalue weighted by atomic mass is 32.2. The first-order chi connectivity index (χ1) is 17.0. The Morgan fingerprint density at radius 2 is 1.89 bits per heavy atom. The number of hydrogen-bond acceptors (Lipinski definition) is 5. The van der Waals surface area contributed by atoms with E-state index in [1.807, 2.05) is 65.5 Å². The van der Waals surface area contributed by atoms with Crippen LogP contribution in [0.15, 0.2) is 59.6 Å². The number of amides is 1. The van der Waals surface area contributed by atoms with Crippen LogP contribution in [-0.2, 0) is 4.79 Å². The molecular formula is C28H31N3O2S2. The first-order valence-corrected chi connectivity index (χ1v) is 13.4. The molecule has 1 fully saturated rings. The lowest BCUT2D eigenvalue weighted by atomic mass is 10.0. The minimum absolute atomic E-state index is 0.0189. The number of rotatable bonds is 10. The highest BCUT2D eigenvalue weighted by Crippen LogP contribution is 2.36. The first-order valence-electron chi connectivity index (χ1n) is 12.2. The van der Waals surface area contributed by atoms with Crippen molar-refractivity contribution >= 4 is 40.3 Å². The predicted molar refractivity (Wildman–Crippen MR) is 149 cm³/mol. The molecule has 1 aliphatic heterocycles. The number of carbonyl (C=O) groups excluding carboxylic acids is 1. The molecule has 0 aliphatic carbocycles. The fourth-order valence-corrected chi connectivity index (χ4v) is 5.28. The van der Waals surface area contributed by atoms with Crippen LogP contribution < -0.4 is 4.74 Å². The van der Waals surface area contributed by atoms with Crippen molar-refractivity contribution in [3.05, 3.63) is 70.8 Å². The molecule has 1 aliphatic rings. The highest BCUT2D eigenvalue weighted by Gasteiger charge is 2.32. The van der Waals surface area contributed by atoms with Gasteiger partial charge in [0.05, 0.1) is 17.2 Å². The molecule has 1 saturated heterocycles. The van der Waals surface area contributed by atoms with Crippen LogP contribution in [0, 0.1) is 6.92 Å². The Labute approximate surface area is 217 Å². The van der Waals surface area contributed by atoms with Crippen LogP contribution in [0.4, 0.5) is 0 Å². The van der Waals surface area contributed by atoms with Crippen molar-refractivity contribution in [3.8, 4) is 22.7 Å². The van der Waals surface area contributed by atoms with Gasteiger partial charge >= 0.3 is 0 Å². The molecule has 0 atom stereocenters. The number of aryl methyl sites for hydroxylation is 1. The Morgan fingerprint density at radius 3 is 2.60 bits per heavy atom. The molecule has 1 amide bonds. The Bertz CT molecular complexity index is 1230. The minimum atomic E-state index is -0.0189. The van der Waals surface area contributed by atoms with Crippen LogP contribution >= 0.6 is 24.0 Å². The topological polar surface area (TPSA) is 47.4 Å². The highest BCUT2D eigenvalue weighted by molar-refractivity contribution is 8.26. The van der Waals surface area contributed by atoms with E-state index in [0.717, 1.165) is 59.5 Å². The van der Waals surface area contributed by atoms with Crippen molar-refractivity contribution in [3.63, 3.8) is 0 Å². The molecule has 4 rings (SSSR count). The molecule has 0 bridgehead atoms. The molecule has 1 aromatic heterocycles. The number of thiocarbonyl (C=S) groups is 1. The lowest BCUT2D eigenvalue weighted by Crippen LogP contribution is -2.28. The fourth-order valence-electron chi connectivity index (χ4n) is 3.98. The second-order valence-electron chi connectivity index (χ2n) is 8.58. The summed E-state index contributed by atoms with van der Waals surface area (Å²) in [5.74, 6) is 0.833. The lowest BCUT2D eigenvalue weighted by Gasteiger charge is -2.13. The summed E-state index contributed by atoms with van der Waals surface area (Å²) in [7, 11) is 0. The Hall–Kier alpha value is -2.90. The number of benzene rings is 2. The second kappa shape index (κ2) is 11.7. The van der Waals surface area contributed by atoms with Crippen molar-refractivity contribution in [1.29, 1.82) is 0 Å². The quantitative estimate of drug-likeness (QED) is 0.168. The van der Waals surface area contributed by atoms with Crippen LogP contribution in [0.1, 0.15) is 50.7 Å². The van der Waals surface area contributed by atoms with Gasteiger partial charge in [-0.3, -0.25) is 9.69 Å². The molecule has 0 spiro atoms. The number of nitrogens with zero attached hydrogens (tertiary/aromatic N) is 3. The Kier molecular flexibility index (Phi) is 8.42. The molecule has 182 valence electrons. The van der Waals surface area contributed by atoms with Crippen molar-refractivity contribution in [2.75, 3.05) is 13.2 Å². The summed E-state index contributed by atoms with van der Waals surface area (Å²) >= 11 is 6.90. The van der Waals surface area contributed by atoms with Crippen LogP contribution in [0.3, 0.4) is 0 Å². The SMILES string of the molecule is CCCCCN1C(=O)C(=Cc2cn(-c3ccccc3)nc2-c2ccc(OCCC)cc2C)SC1=S. The summed E-state index contributed by atoms with van der Waals surface area (Å²) in [6, 6.07) is 16.1. The third-order valence-corrected chi connectivity index (χ3v) is 7.21.